The van der Waals surface area contributed by atoms with Crippen molar-refractivity contribution in [2.45, 2.75) is 58.5 Å². The van der Waals surface area contributed by atoms with Crippen LogP contribution in [0.5, 0.6) is 17.2 Å². The number of carbonyl (C=O) groups excluding carboxylic acids is 1. The third kappa shape index (κ3) is 7.20. The fourth-order valence-corrected chi connectivity index (χ4v) is 9.03. The number of ketones is 1. The Morgan fingerprint density at radius 2 is 0.750 bits per heavy atom. The van der Waals surface area contributed by atoms with Gasteiger partial charge >= 0.3 is 0 Å². The lowest BCUT2D eigenvalue weighted by Gasteiger charge is -2.33. The molecule has 3 aromatic carbocycles. The molecular formula is C28H28O16S4. The number of hydrogen-bond donors (Lipinski definition) is 7. The molecule has 0 saturated heterocycles. The summed E-state index contributed by atoms with van der Waals surface area (Å²) in [6.45, 7) is 0. The molecule has 16 nitrogen and oxygen atoms in total. The lowest BCUT2D eigenvalue weighted by atomic mass is 9.74. The van der Waals surface area contributed by atoms with E-state index in [0.29, 0.717) is 0 Å². The number of phenols is 3. The lowest BCUT2D eigenvalue weighted by Crippen LogP contribution is -2.41. The smallest absolute Gasteiger partial charge is 0.294 e. The number of rotatable bonds is 4. The highest BCUT2D eigenvalue weighted by atomic mass is 32.2. The van der Waals surface area contributed by atoms with Crippen molar-refractivity contribution < 1.29 is 72.0 Å². The first-order chi connectivity index (χ1) is 21.9. The van der Waals surface area contributed by atoms with Crippen LogP contribution in [0.25, 0.3) is 0 Å². The van der Waals surface area contributed by atoms with Crippen molar-refractivity contribution in [3.8, 4) is 17.2 Å². The minimum Gasteiger partial charge on any atom is -0.507 e. The standard InChI is InChI=1S/C28H28O16S4/c29-25-13-1-14-6-22(46(36,37)38)8-16(26(14)30)3-18-10-24(48(42,43)44)12-20(28(18)32)4-19-11-23(47(39,40)41)9-17(27(19)31)2-15(25)7-21(5-13)45(33,34)35/h5-9,11,18,20,24,29-31H,1-4,10,12H2,(H,33,34,35)(H,36,37,38)(H,39,40,41)(H,42,43,44). The van der Waals surface area contributed by atoms with Crippen molar-refractivity contribution in [3.05, 3.63) is 69.8 Å². The van der Waals surface area contributed by atoms with E-state index >= 15 is 0 Å². The monoisotopic (exact) mass is 748 g/mol. The predicted octanol–water partition coefficient (Wildman–Crippen LogP) is 1.68. The molecule has 1 saturated carbocycles. The van der Waals surface area contributed by atoms with Crippen LogP contribution in [0.3, 0.4) is 0 Å². The average Bonchev–Trinajstić information content (AvgIpc) is 2.93. The van der Waals surface area contributed by atoms with Crippen LogP contribution in [0.2, 0.25) is 0 Å². The number of carbonyl (C=O) groups is 1. The van der Waals surface area contributed by atoms with Crippen molar-refractivity contribution in [2.24, 2.45) is 11.8 Å². The number of fused-ring (bicyclic) bond motifs is 8. The second kappa shape index (κ2) is 12.1. The Labute approximate surface area is 274 Å². The van der Waals surface area contributed by atoms with Crippen LogP contribution in [0.1, 0.15) is 46.2 Å². The fourth-order valence-electron chi connectivity index (χ4n) is 6.33. The normalized spacial score (nSPS) is 20.8. The summed E-state index contributed by atoms with van der Waals surface area (Å²) in [6, 6.07) is 4.84. The molecule has 0 amide bonds. The van der Waals surface area contributed by atoms with Gasteiger partial charge in [-0.05, 0) is 73.2 Å². The van der Waals surface area contributed by atoms with Gasteiger partial charge in [0, 0.05) is 46.9 Å². The molecule has 5 rings (SSSR count). The van der Waals surface area contributed by atoms with Crippen LogP contribution in [0.15, 0.2) is 51.1 Å². The first-order valence-electron chi connectivity index (χ1n) is 13.9. The van der Waals surface area contributed by atoms with Gasteiger partial charge in [0.05, 0.1) is 19.9 Å². The summed E-state index contributed by atoms with van der Waals surface area (Å²) in [5.74, 6) is -5.31. The topological polar surface area (TPSA) is 295 Å². The van der Waals surface area contributed by atoms with Crippen LogP contribution in [0, 0.1) is 11.8 Å². The van der Waals surface area contributed by atoms with Crippen molar-refractivity contribution in [2.75, 3.05) is 0 Å². The predicted molar refractivity (Wildman–Crippen MR) is 163 cm³/mol. The second-order valence-electron chi connectivity index (χ2n) is 11.9. The van der Waals surface area contributed by atoms with Crippen LogP contribution in [-0.4, -0.2) is 78.2 Å². The van der Waals surface area contributed by atoms with E-state index in [9.17, 15) is 72.0 Å². The molecular weight excluding hydrogens is 721 g/mol. The maximum atomic E-state index is 13.8. The molecule has 2 atom stereocenters. The van der Waals surface area contributed by atoms with Crippen molar-refractivity contribution in [3.63, 3.8) is 0 Å². The van der Waals surface area contributed by atoms with Gasteiger partial charge in [0.2, 0.25) is 0 Å². The molecule has 7 N–H and O–H groups in total. The second-order valence-corrected chi connectivity index (χ2v) is 17.8. The summed E-state index contributed by atoms with van der Waals surface area (Å²) in [6.07, 6.45) is -3.42. The van der Waals surface area contributed by atoms with Crippen LogP contribution in [0.4, 0.5) is 0 Å². The third-order valence-electron chi connectivity index (χ3n) is 8.63. The molecule has 0 radical (unpaired) electrons. The highest BCUT2D eigenvalue weighted by Gasteiger charge is 2.42. The van der Waals surface area contributed by atoms with Gasteiger partial charge in [0.15, 0.2) is 0 Å². The summed E-state index contributed by atoms with van der Waals surface area (Å²) >= 11 is 0. The molecule has 2 aliphatic rings. The average molecular weight is 749 g/mol. The number of hydrogen-bond acceptors (Lipinski definition) is 12. The maximum absolute atomic E-state index is 13.8. The van der Waals surface area contributed by atoms with E-state index in [0.717, 1.165) is 36.4 Å². The Balaban J connectivity index is 1.85. The van der Waals surface area contributed by atoms with E-state index in [1.807, 2.05) is 0 Å². The zero-order valence-electron chi connectivity index (χ0n) is 24.4. The Morgan fingerprint density at radius 1 is 0.479 bits per heavy atom. The minimum atomic E-state index is -5.00. The molecule has 3 aromatic rings. The maximum Gasteiger partial charge on any atom is 0.294 e. The zero-order valence-corrected chi connectivity index (χ0v) is 27.6. The van der Waals surface area contributed by atoms with E-state index < -0.39 is 134 Å². The molecule has 2 aliphatic carbocycles. The van der Waals surface area contributed by atoms with E-state index in [2.05, 4.69) is 0 Å². The molecule has 0 heterocycles. The van der Waals surface area contributed by atoms with Gasteiger partial charge in [-0.2, -0.15) is 33.7 Å². The molecule has 0 aliphatic heterocycles. The van der Waals surface area contributed by atoms with Crippen molar-refractivity contribution in [1.82, 2.24) is 0 Å². The Hall–Kier alpha value is -3.63. The van der Waals surface area contributed by atoms with Gasteiger partial charge in [0.1, 0.15) is 23.0 Å². The number of benzene rings is 3. The highest BCUT2D eigenvalue weighted by molar-refractivity contribution is 7.86. The Morgan fingerprint density at radius 3 is 1.02 bits per heavy atom. The van der Waals surface area contributed by atoms with Crippen LogP contribution >= 0.6 is 0 Å². The first-order valence-corrected chi connectivity index (χ1v) is 19.7. The summed E-state index contributed by atoms with van der Waals surface area (Å²) in [5, 5.41) is 32.1. The van der Waals surface area contributed by atoms with E-state index in [1.165, 1.54) is 0 Å². The summed E-state index contributed by atoms with van der Waals surface area (Å²) in [4.78, 5) is 11.4. The minimum absolute atomic E-state index is 0.288. The molecule has 8 bridgehead atoms. The quantitative estimate of drug-likeness (QED) is 0.187. The molecule has 260 valence electrons. The van der Waals surface area contributed by atoms with Gasteiger partial charge in [-0.1, -0.05) is 0 Å². The van der Waals surface area contributed by atoms with E-state index in [1.54, 1.807) is 0 Å². The van der Waals surface area contributed by atoms with Gasteiger partial charge < -0.3 is 15.3 Å². The molecule has 1 fully saturated rings. The van der Waals surface area contributed by atoms with Gasteiger partial charge in [0.25, 0.3) is 40.5 Å². The Kier molecular flexibility index (Phi) is 8.96. The van der Waals surface area contributed by atoms with Crippen molar-refractivity contribution >= 4 is 46.3 Å². The molecule has 2 unspecified atom stereocenters. The Bertz CT molecular complexity index is 2190. The zero-order chi connectivity index (χ0) is 35.7. The summed E-state index contributed by atoms with van der Waals surface area (Å²) in [5.41, 5.74) is -1.91. The first kappa shape index (κ1) is 35.7. The summed E-state index contributed by atoms with van der Waals surface area (Å²) in [7, 11) is -19.8. The van der Waals surface area contributed by atoms with E-state index in [4.69, 9.17) is 0 Å². The molecule has 0 aromatic heterocycles. The van der Waals surface area contributed by atoms with E-state index in [-0.39, 0.29) is 33.4 Å². The van der Waals surface area contributed by atoms with Crippen LogP contribution < -0.4 is 0 Å². The molecule has 20 heteroatoms. The van der Waals surface area contributed by atoms with Gasteiger partial charge in [-0.25, -0.2) is 0 Å². The third-order valence-corrected chi connectivity index (χ3v) is 12.4. The van der Waals surface area contributed by atoms with Gasteiger partial charge in [-0.15, -0.1) is 0 Å². The fraction of sp³-hybridized carbons (Fsp3) is 0.321. The molecule has 48 heavy (non-hydrogen) atoms. The SMILES string of the molecule is O=C1C2Cc3cc(S(=O)(=O)O)cc(c3O)Cc3cc(S(=O)(=O)O)cc(c3O)Cc3cc(S(=O)(=O)O)cc(c3O)CC1CC(S(=O)(=O)O)C2. The lowest BCUT2D eigenvalue weighted by molar-refractivity contribution is -0.129. The van der Waals surface area contributed by atoms with Gasteiger partial charge in [-0.3, -0.25) is 23.0 Å². The highest BCUT2D eigenvalue weighted by Crippen LogP contribution is 2.41. The number of aromatic hydroxyl groups is 3. The van der Waals surface area contributed by atoms with Crippen molar-refractivity contribution in [1.29, 1.82) is 0 Å². The number of Topliss-reactive ketones (excluding diaryl/α,β-unsaturated/α-hetero) is 1. The largest absolute Gasteiger partial charge is 0.507 e. The molecule has 0 spiro atoms. The number of phenolic OH excluding ortho intramolecular Hbond substituents is 3. The van der Waals surface area contributed by atoms with Crippen LogP contribution in [-0.2, 0) is 71.0 Å². The summed E-state index contributed by atoms with van der Waals surface area (Å²) < 4.78 is 137.